The molecule has 10 heteroatoms. The molecule has 2 aliphatic rings. The highest BCUT2D eigenvalue weighted by Crippen LogP contribution is 2.41. The van der Waals surface area contributed by atoms with Crippen LogP contribution in [-0.4, -0.2) is 66.0 Å². The molecule has 3 heterocycles. The molecule has 1 N–H and O–H groups in total. The number of hydrogen-bond donors (Lipinski definition) is 1. The number of carbonyl (C=O) groups is 2. The Morgan fingerprint density at radius 1 is 1.13 bits per heavy atom. The molecule has 5 rings (SSSR count). The number of carboxylic acid groups (broad SMARTS) is 1. The van der Waals surface area contributed by atoms with Crippen molar-refractivity contribution in [3.05, 3.63) is 71.7 Å². The second kappa shape index (κ2) is 10.9. The number of likely N-dealkylation sites (tertiary alicyclic amines) is 1. The number of carbonyl (C=O) groups excluding carboxylic acids is 1. The van der Waals surface area contributed by atoms with Crippen molar-refractivity contribution in [1.82, 2.24) is 9.88 Å². The Morgan fingerprint density at radius 3 is 2.51 bits per heavy atom. The predicted molar refractivity (Wildman–Crippen MR) is 142 cm³/mol. The Morgan fingerprint density at radius 2 is 1.85 bits per heavy atom. The zero-order valence-electron chi connectivity index (χ0n) is 21.9. The fraction of sp³-hybridized carbons (Fsp3) is 0.345. The number of rotatable bonds is 8. The van der Waals surface area contributed by atoms with Crippen molar-refractivity contribution in [2.24, 2.45) is 0 Å². The van der Waals surface area contributed by atoms with Gasteiger partial charge in [-0.15, -0.1) is 0 Å². The van der Waals surface area contributed by atoms with Crippen LogP contribution in [0.5, 0.6) is 11.5 Å². The van der Waals surface area contributed by atoms with Gasteiger partial charge in [-0.2, -0.15) is 0 Å². The van der Waals surface area contributed by atoms with Crippen LogP contribution in [-0.2, 0) is 11.3 Å². The first-order chi connectivity index (χ1) is 18.8. The van der Waals surface area contributed by atoms with Crippen molar-refractivity contribution in [2.75, 3.05) is 38.3 Å². The summed E-state index contributed by atoms with van der Waals surface area (Å²) < 4.78 is 31.0. The predicted octanol–water partition coefficient (Wildman–Crippen LogP) is 4.98. The molecule has 0 aliphatic carbocycles. The standard InChI is InChI=1S/C29H30FN3O6/c1-3-38-24-15-19(14-23(37-2)26(24)20-4-6-22(30)7-5-20)17-32-12-9-29(10-13-32)18-33(28(36)39-29)25-16-21(27(34)35)8-11-31-25/h4-8,11,14-16H,3,9-10,12-13,17-18H2,1-2H3,(H,34,35). The van der Waals surface area contributed by atoms with Crippen molar-refractivity contribution in [2.45, 2.75) is 31.9 Å². The number of benzene rings is 2. The number of pyridine rings is 1. The van der Waals surface area contributed by atoms with E-state index in [4.69, 9.17) is 14.2 Å². The summed E-state index contributed by atoms with van der Waals surface area (Å²) in [5.74, 6) is 0.201. The summed E-state index contributed by atoms with van der Waals surface area (Å²) in [6, 6.07) is 13.0. The second-order valence-corrected chi connectivity index (χ2v) is 9.73. The molecule has 2 aromatic carbocycles. The van der Waals surface area contributed by atoms with Gasteiger partial charge in [0.05, 0.1) is 31.4 Å². The van der Waals surface area contributed by atoms with E-state index in [1.807, 2.05) is 19.1 Å². The monoisotopic (exact) mass is 535 g/mol. The van der Waals surface area contributed by atoms with Gasteiger partial charge in [0.15, 0.2) is 0 Å². The largest absolute Gasteiger partial charge is 0.496 e. The highest BCUT2D eigenvalue weighted by Gasteiger charge is 2.48. The fourth-order valence-corrected chi connectivity index (χ4v) is 5.20. The number of ether oxygens (including phenoxy) is 3. The lowest BCUT2D eigenvalue weighted by Crippen LogP contribution is -2.46. The number of carboxylic acids is 1. The molecule has 1 aromatic heterocycles. The first-order valence-corrected chi connectivity index (χ1v) is 12.8. The maximum absolute atomic E-state index is 13.5. The highest BCUT2D eigenvalue weighted by atomic mass is 19.1. The summed E-state index contributed by atoms with van der Waals surface area (Å²) in [6.45, 7) is 4.77. The van der Waals surface area contributed by atoms with E-state index >= 15 is 0 Å². The minimum atomic E-state index is -1.08. The van der Waals surface area contributed by atoms with Gasteiger partial charge in [0.2, 0.25) is 0 Å². The molecule has 0 saturated carbocycles. The van der Waals surface area contributed by atoms with Gasteiger partial charge >= 0.3 is 12.1 Å². The molecule has 1 spiro atoms. The SMILES string of the molecule is CCOc1cc(CN2CCC3(CC2)CN(c2cc(C(=O)O)ccn2)C(=O)O3)cc(OC)c1-c1ccc(F)cc1. The number of halogens is 1. The van der Waals surface area contributed by atoms with E-state index in [-0.39, 0.29) is 17.2 Å². The van der Waals surface area contributed by atoms with Crippen LogP contribution in [0.3, 0.4) is 0 Å². The molecular weight excluding hydrogens is 505 g/mol. The minimum absolute atomic E-state index is 0.0656. The quantitative estimate of drug-likeness (QED) is 0.431. The fourth-order valence-electron chi connectivity index (χ4n) is 5.20. The van der Waals surface area contributed by atoms with Crippen LogP contribution in [0.4, 0.5) is 15.0 Å². The maximum Gasteiger partial charge on any atom is 0.416 e. The molecule has 39 heavy (non-hydrogen) atoms. The number of amides is 1. The van der Waals surface area contributed by atoms with E-state index in [1.165, 1.54) is 35.4 Å². The van der Waals surface area contributed by atoms with E-state index < -0.39 is 17.7 Å². The van der Waals surface area contributed by atoms with Crippen LogP contribution in [0.25, 0.3) is 11.1 Å². The van der Waals surface area contributed by atoms with Gasteiger partial charge in [0, 0.05) is 38.7 Å². The van der Waals surface area contributed by atoms with Crippen LogP contribution < -0.4 is 14.4 Å². The van der Waals surface area contributed by atoms with E-state index in [9.17, 15) is 19.1 Å². The van der Waals surface area contributed by atoms with Gasteiger partial charge < -0.3 is 19.3 Å². The zero-order valence-corrected chi connectivity index (χ0v) is 21.9. The molecule has 9 nitrogen and oxygen atoms in total. The lowest BCUT2D eigenvalue weighted by atomic mass is 9.91. The Balaban J connectivity index is 1.29. The average Bonchev–Trinajstić information content (AvgIpc) is 3.26. The molecule has 204 valence electrons. The average molecular weight is 536 g/mol. The molecular formula is C29H30FN3O6. The molecule has 2 aliphatic heterocycles. The number of methoxy groups -OCH3 is 1. The van der Waals surface area contributed by atoms with Crippen molar-refractivity contribution in [1.29, 1.82) is 0 Å². The number of hydrogen-bond acceptors (Lipinski definition) is 7. The number of anilines is 1. The normalized spacial score (nSPS) is 16.8. The lowest BCUT2D eigenvalue weighted by Gasteiger charge is -2.37. The van der Waals surface area contributed by atoms with Crippen LogP contribution in [0.2, 0.25) is 0 Å². The number of aromatic carboxylic acids is 1. The minimum Gasteiger partial charge on any atom is -0.496 e. The van der Waals surface area contributed by atoms with Crippen LogP contribution in [0.1, 0.15) is 35.7 Å². The van der Waals surface area contributed by atoms with Gasteiger partial charge in [-0.3, -0.25) is 9.80 Å². The van der Waals surface area contributed by atoms with E-state index in [0.29, 0.717) is 57.1 Å². The number of piperidine rings is 1. The van der Waals surface area contributed by atoms with E-state index in [2.05, 4.69) is 9.88 Å². The summed E-state index contributed by atoms with van der Waals surface area (Å²) in [4.78, 5) is 31.9. The van der Waals surface area contributed by atoms with Crippen LogP contribution >= 0.6 is 0 Å². The smallest absolute Gasteiger partial charge is 0.416 e. The molecule has 2 saturated heterocycles. The lowest BCUT2D eigenvalue weighted by molar-refractivity contribution is -0.00101. The van der Waals surface area contributed by atoms with Gasteiger partial charge in [-0.05, 0) is 54.4 Å². The third-order valence-electron chi connectivity index (χ3n) is 7.19. The first-order valence-electron chi connectivity index (χ1n) is 12.8. The summed E-state index contributed by atoms with van der Waals surface area (Å²) >= 11 is 0. The molecule has 2 fully saturated rings. The highest BCUT2D eigenvalue weighted by molar-refractivity contribution is 5.92. The molecule has 0 unspecified atom stereocenters. The van der Waals surface area contributed by atoms with Crippen molar-refractivity contribution < 1.29 is 33.3 Å². The van der Waals surface area contributed by atoms with E-state index in [1.54, 1.807) is 19.2 Å². The zero-order chi connectivity index (χ0) is 27.6. The Labute approximate surface area is 225 Å². The van der Waals surface area contributed by atoms with E-state index in [0.717, 1.165) is 16.7 Å². The Kier molecular flexibility index (Phi) is 7.38. The number of nitrogens with zero attached hydrogens (tertiary/aromatic N) is 3. The summed E-state index contributed by atoms with van der Waals surface area (Å²) in [6.07, 6.45) is 2.14. The first kappa shape index (κ1) is 26.4. The maximum atomic E-state index is 13.5. The Hall–Kier alpha value is -4.18. The summed E-state index contributed by atoms with van der Waals surface area (Å²) in [5.41, 5.74) is 2.01. The second-order valence-electron chi connectivity index (χ2n) is 9.73. The van der Waals surface area contributed by atoms with Gasteiger partial charge in [0.1, 0.15) is 28.7 Å². The molecule has 0 bridgehead atoms. The summed E-state index contributed by atoms with van der Waals surface area (Å²) in [5, 5.41) is 9.28. The molecule has 0 radical (unpaired) electrons. The van der Waals surface area contributed by atoms with Crippen molar-refractivity contribution in [3.8, 4) is 22.6 Å². The van der Waals surface area contributed by atoms with Crippen LogP contribution in [0.15, 0.2) is 54.7 Å². The third kappa shape index (κ3) is 5.51. The molecule has 1 amide bonds. The molecule has 0 atom stereocenters. The topological polar surface area (TPSA) is 101 Å². The third-order valence-corrected chi connectivity index (χ3v) is 7.19. The van der Waals surface area contributed by atoms with Crippen molar-refractivity contribution in [3.63, 3.8) is 0 Å². The summed E-state index contributed by atoms with van der Waals surface area (Å²) in [7, 11) is 1.60. The van der Waals surface area contributed by atoms with Crippen LogP contribution in [0, 0.1) is 5.82 Å². The van der Waals surface area contributed by atoms with Gasteiger partial charge in [-0.25, -0.2) is 19.0 Å². The van der Waals surface area contributed by atoms with Gasteiger partial charge in [0.25, 0.3) is 0 Å². The molecule has 3 aromatic rings. The Bertz CT molecular complexity index is 1370. The van der Waals surface area contributed by atoms with Gasteiger partial charge in [-0.1, -0.05) is 12.1 Å². The van der Waals surface area contributed by atoms with Crippen molar-refractivity contribution >= 4 is 17.9 Å². The number of aromatic nitrogens is 1.